The number of hydrogen-bond acceptors (Lipinski definition) is 2. The summed E-state index contributed by atoms with van der Waals surface area (Å²) in [5.74, 6) is 3.41. The van der Waals surface area contributed by atoms with E-state index in [1.54, 1.807) is 0 Å². The molecule has 0 aliphatic heterocycles. The van der Waals surface area contributed by atoms with Crippen molar-refractivity contribution in [2.45, 2.75) is 33.2 Å². The molecular formula is C25H30N2. The number of benzene rings is 1. The van der Waals surface area contributed by atoms with Crippen LogP contribution in [0.5, 0.6) is 0 Å². The van der Waals surface area contributed by atoms with Gasteiger partial charge >= 0.3 is 0 Å². The van der Waals surface area contributed by atoms with Crippen LogP contribution in [0.1, 0.15) is 32.3 Å². The minimum absolute atomic E-state index is 0.140. The monoisotopic (exact) mass is 358 g/mol. The summed E-state index contributed by atoms with van der Waals surface area (Å²) in [6, 6.07) is 10.2. The number of aliphatic imine (C=N–C) groups is 1. The van der Waals surface area contributed by atoms with Gasteiger partial charge in [-0.2, -0.15) is 0 Å². The van der Waals surface area contributed by atoms with Crippen LogP contribution in [-0.2, 0) is 6.54 Å². The lowest BCUT2D eigenvalue weighted by Crippen LogP contribution is -2.13. The molecule has 1 rings (SSSR count). The third-order valence-corrected chi connectivity index (χ3v) is 4.05. The van der Waals surface area contributed by atoms with Crippen molar-refractivity contribution in [2.24, 2.45) is 10.9 Å². The minimum Gasteiger partial charge on any atom is -0.366 e. The zero-order chi connectivity index (χ0) is 20.1. The molecule has 0 fully saturated rings. The molecule has 0 heterocycles. The zero-order valence-electron chi connectivity index (χ0n) is 16.5. The van der Waals surface area contributed by atoms with Gasteiger partial charge in [0.1, 0.15) is 5.82 Å². The van der Waals surface area contributed by atoms with Gasteiger partial charge in [0.15, 0.2) is 0 Å². The Morgan fingerprint density at radius 1 is 1.30 bits per heavy atom. The lowest BCUT2D eigenvalue weighted by Gasteiger charge is -2.14. The maximum absolute atomic E-state index is 5.47. The minimum atomic E-state index is 0.140. The molecule has 0 aromatic heterocycles. The second-order valence-corrected chi connectivity index (χ2v) is 6.29. The normalized spacial score (nSPS) is 13.1. The van der Waals surface area contributed by atoms with E-state index in [2.05, 4.69) is 67.2 Å². The standard InChI is InChI=1S/C25H30N2/c1-7-13-24(17-16-20(4)8-2)21(5)18-25(27-22(6)9-3)26-19-23-14-11-10-12-15-23/h3,7,10-12,14-18,24,26H,1,4-5,8,13,19H2,2,6H3/b17-16-,25-18+,27-22-. The smallest absolute Gasteiger partial charge is 0.127 e. The van der Waals surface area contributed by atoms with Crippen LogP contribution in [0.2, 0.25) is 0 Å². The zero-order valence-corrected chi connectivity index (χ0v) is 16.5. The number of terminal acetylenes is 1. The van der Waals surface area contributed by atoms with E-state index in [0.717, 1.165) is 24.0 Å². The SMILES string of the molecule is C#C/C(C)=N\C(=C\C(=C)C(/C=C\C(=C)CC)CC=C)NCc1ccccc1. The van der Waals surface area contributed by atoms with E-state index >= 15 is 0 Å². The third-order valence-electron chi connectivity index (χ3n) is 4.05. The highest BCUT2D eigenvalue weighted by atomic mass is 15.0. The van der Waals surface area contributed by atoms with Crippen LogP contribution in [0.4, 0.5) is 0 Å². The third kappa shape index (κ3) is 8.74. The van der Waals surface area contributed by atoms with E-state index < -0.39 is 0 Å². The molecule has 0 bridgehead atoms. The van der Waals surface area contributed by atoms with Crippen LogP contribution in [0.15, 0.2) is 96.3 Å². The molecule has 1 N–H and O–H groups in total. The number of nitrogens with zero attached hydrogens (tertiary/aromatic N) is 1. The first-order chi connectivity index (χ1) is 13.0. The van der Waals surface area contributed by atoms with Crippen LogP contribution in [-0.4, -0.2) is 5.71 Å². The van der Waals surface area contributed by atoms with Crippen molar-refractivity contribution in [3.05, 3.63) is 96.9 Å². The highest BCUT2D eigenvalue weighted by Crippen LogP contribution is 2.20. The summed E-state index contributed by atoms with van der Waals surface area (Å²) < 4.78 is 0. The molecule has 1 unspecified atom stereocenters. The van der Waals surface area contributed by atoms with E-state index in [1.807, 2.05) is 37.3 Å². The number of nitrogens with one attached hydrogen (secondary N) is 1. The molecular weight excluding hydrogens is 328 g/mol. The van der Waals surface area contributed by atoms with Gasteiger partial charge in [0.25, 0.3) is 0 Å². The molecule has 1 aromatic rings. The quantitative estimate of drug-likeness (QED) is 0.224. The van der Waals surface area contributed by atoms with Crippen molar-refractivity contribution in [2.75, 3.05) is 0 Å². The molecule has 2 heteroatoms. The fraction of sp³-hybridized carbons (Fsp3) is 0.240. The first kappa shape index (κ1) is 22.0. The molecule has 0 aliphatic carbocycles. The number of allylic oxidation sites excluding steroid dienone is 6. The molecule has 1 aromatic carbocycles. The molecule has 140 valence electrons. The van der Waals surface area contributed by atoms with Gasteiger partial charge in [0.05, 0.1) is 5.71 Å². The summed E-state index contributed by atoms with van der Waals surface area (Å²) in [7, 11) is 0. The Hall–Kier alpha value is -3.05. The highest BCUT2D eigenvalue weighted by Gasteiger charge is 2.08. The molecule has 0 spiro atoms. The van der Waals surface area contributed by atoms with Crippen molar-refractivity contribution < 1.29 is 0 Å². The molecule has 27 heavy (non-hydrogen) atoms. The summed E-state index contributed by atoms with van der Waals surface area (Å²) in [5.41, 5.74) is 3.82. The van der Waals surface area contributed by atoms with Crippen LogP contribution < -0.4 is 5.32 Å². The summed E-state index contributed by atoms with van der Waals surface area (Å²) in [5, 5.41) is 3.35. The summed E-state index contributed by atoms with van der Waals surface area (Å²) in [4.78, 5) is 4.51. The Balaban J connectivity index is 3.02. The van der Waals surface area contributed by atoms with E-state index in [0.29, 0.717) is 18.1 Å². The number of hydrogen-bond donors (Lipinski definition) is 1. The van der Waals surface area contributed by atoms with Crippen LogP contribution in [0.25, 0.3) is 0 Å². The average Bonchev–Trinajstić information content (AvgIpc) is 2.69. The van der Waals surface area contributed by atoms with Crippen molar-refractivity contribution in [1.82, 2.24) is 5.32 Å². The molecule has 2 nitrogen and oxygen atoms in total. The molecule has 1 atom stereocenters. The Kier molecular flexibility index (Phi) is 10.0. The molecule has 0 saturated carbocycles. The van der Waals surface area contributed by atoms with Crippen molar-refractivity contribution in [3.8, 4) is 12.3 Å². The van der Waals surface area contributed by atoms with Gasteiger partial charge < -0.3 is 5.32 Å². The van der Waals surface area contributed by atoms with Gasteiger partial charge in [-0.15, -0.1) is 13.0 Å². The fourth-order valence-electron chi connectivity index (χ4n) is 2.31. The van der Waals surface area contributed by atoms with Crippen molar-refractivity contribution in [1.29, 1.82) is 0 Å². The Bertz CT molecular complexity index is 770. The lowest BCUT2D eigenvalue weighted by atomic mass is 9.95. The molecule has 0 amide bonds. The van der Waals surface area contributed by atoms with E-state index in [-0.39, 0.29) is 5.92 Å². The van der Waals surface area contributed by atoms with Gasteiger partial charge in [-0.25, -0.2) is 4.99 Å². The van der Waals surface area contributed by atoms with Gasteiger partial charge in [-0.3, -0.25) is 0 Å². The Morgan fingerprint density at radius 2 is 2.00 bits per heavy atom. The van der Waals surface area contributed by atoms with Crippen molar-refractivity contribution >= 4 is 5.71 Å². The Labute approximate surface area is 164 Å². The maximum Gasteiger partial charge on any atom is 0.127 e. The molecule has 0 saturated heterocycles. The fourth-order valence-corrected chi connectivity index (χ4v) is 2.31. The van der Waals surface area contributed by atoms with Gasteiger partial charge in [0, 0.05) is 12.5 Å². The van der Waals surface area contributed by atoms with Crippen LogP contribution in [0, 0.1) is 18.3 Å². The second kappa shape index (κ2) is 12.3. The van der Waals surface area contributed by atoms with E-state index in [1.165, 1.54) is 5.56 Å². The predicted octanol–water partition coefficient (Wildman–Crippen LogP) is 5.98. The molecule has 0 aliphatic rings. The first-order valence-corrected chi connectivity index (χ1v) is 9.17. The first-order valence-electron chi connectivity index (χ1n) is 9.17. The topological polar surface area (TPSA) is 24.4 Å². The average molecular weight is 359 g/mol. The Morgan fingerprint density at radius 3 is 2.59 bits per heavy atom. The predicted molar refractivity (Wildman–Crippen MR) is 119 cm³/mol. The van der Waals surface area contributed by atoms with E-state index in [9.17, 15) is 0 Å². The maximum atomic E-state index is 5.47. The summed E-state index contributed by atoms with van der Waals surface area (Å²) in [6.45, 7) is 16.7. The largest absolute Gasteiger partial charge is 0.366 e. The van der Waals surface area contributed by atoms with Gasteiger partial charge in [-0.05, 0) is 37.0 Å². The summed E-state index contributed by atoms with van der Waals surface area (Å²) >= 11 is 0. The van der Waals surface area contributed by atoms with Crippen LogP contribution >= 0.6 is 0 Å². The second-order valence-electron chi connectivity index (χ2n) is 6.29. The van der Waals surface area contributed by atoms with Gasteiger partial charge in [0.2, 0.25) is 0 Å². The lowest BCUT2D eigenvalue weighted by molar-refractivity contribution is 0.771. The summed E-state index contributed by atoms with van der Waals surface area (Å²) in [6.07, 6.45) is 15.2. The van der Waals surface area contributed by atoms with Crippen molar-refractivity contribution in [3.63, 3.8) is 0 Å². The van der Waals surface area contributed by atoms with Gasteiger partial charge in [-0.1, -0.05) is 80.1 Å². The van der Waals surface area contributed by atoms with Crippen LogP contribution in [0.3, 0.4) is 0 Å². The molecule has 0 radical (unpaired) electrons. The highest BCUT2D eigenvalue weighted by molar-refractivity contribution is 5.98. The number of rotatable bonds is 11. The van der Waals surface area contributed by atoms with E-state index in [4.69, 9.17) is 6.42 Å².